The lowest BCUT2D eigenvalue weighted by Crippen LogP contribution is -1.96. The maximum absolute atomic E-state index is 9.81. The molecular formula is C8H8N2OS2. The van der Waals surface area contributed by atoms with E-state index in [0.29, 0.717) is 5.69 Å². The van der Waals surface area contributed by atoms with Crippen molar-refractivity contribution in [2.75, 3.05) is 0 Å². The molecule has 13 heavy (non-hydrogen) atoms. The molecule has 0 aliphatic carbocycles. The number of aliphatic hydroxyl groups is 1. The van der Waals surface area contributed by atoms with Crippen molar-refractivity contribution in [2.45, 2.75) is 13.0 Å². The number of rotatable bonds is 2. The second-order valence-corrected chi connectivity index (χ2v) is 4.61. The van der Waals surface area contributed by atoms with Gasteiger partial charge in [0, 0.05) is 15.1 Å². The van der Waals surface area contributed by atoms with E-state index in [1.165, 1.54) is 16.4 Å². The average Bonchev–Trinajstić information content (AvgIpc) is 2.72. The molecule has 2 aromatic heterocycles. The van der Waals surface area contributed by atoms with Crippen LogP contribution in [0.1, 0.15) is 21.6 Å². The number of aromatic nitrogens is 2. The third-order valence-corrected chi connectivity index (χ3v) is 3.26. The molecular weight excluding hydrogens is 204 g/mol. The number of hydrogen-bond donors (Lipinski definition) is 1. The molecule has 0 amide bonds. The van der Waals surface area contributed by atoms with Gasteiger partial charge in [0.25, 0.3) is 0 Å². The Bertz CT molecular complexity index is 383. The van der Waals surface area contributed by atoms with E-state index in [2.05, 4.69) is 9.59 Å². The topological polar surface area (TPSA) is 46.0 Å². The third-order valence-electron chi connectivity index (χ3n) is 1.69. The van der Waals surface area contributed by atoms with Crippen molar-refractivity contribution in [3.8, 4) is 0 Å². The van der Waals surface area contributed by atoms with Crippen LogP contribution in [0, 0.1) is 6.92 Å². The molecule has 0 bridgehead atoms. The molecule has 0 aromatic carbocycles. The van der Waals surface area contributed by atoms with E-state index in [1.54, 1.807) is 16.7 Å². The molecule has 0 aliphatic heterocycles. The Kier molecular flexibility index (Phi) is 2.39. The molecule has 0 fully saturated rings. The normalized spacial score (nSPS) is 13.1. The van der Waals surface area contributed by atoms with Gasteiger partial charge in [0.05, 0.1) is 0 Å². The van der Waals surface area contributed by atoms with Crippen LogP contribution in [-0.4, -0.2) is 14.7 Å². The Morgan fingerprint density at radius 2 is 2.31 bits per heavy atom. The zero-order valence-electron chi connectivity index (χ0n) is 6.97. The minimum atomic E-state index is -0.613. The number of hydrogen-bond acceptors (Lipinski definition) is 5. The fourth-order valence-electron chi connectivity index (χ4n) is 1.04. The summed E-state index contributed by atoms with van der Waals surface area (Å²) in [5, 5.41) is 15.4. The second kappa shape index (κ2) is 3.53. The first kappa shape index (κ1) is 8.80. The van der Waals surface area contributed by atoms with Crippen molar-refractivity contribution in [3.63, 3.8) is 0 Å². The van der Waals surface area contributed by atoms with Gasteiger partial charge in [-0.1, -0.05) is 4.49 Å². The summed E-state index contributed by atoms with van der Waals surface area (Å²) in [7, 11) is 0. The Labute approximate surface area is 83.8 Å². The van der Waals surface area contributed by atoms with Crippen LogP contribution in [0.25, 0.3) is 0 Å². The predicted octanol–water partition coefficient (Wildman–Crippen LogP) is 1.99. The van der Waals surface area contributed by atoms with Crippen LogP contribution in [0.2, 0.25) is 0 Å². The minimum Gasteiger partial charge on any atom is -0.381 e. The van der Waals surface area contributed by atoms with E-state index in [4.69, 9.17) is 0 Å². The largest absolute Gasteiger partial charge is 0.381 e. The van der Waals surface area contributed by atoms with Crippen LogP contribution in [0.15, 0.2) is 17.5 Å². The Morgan fingerprint density at radius 3 is 2.85 bits per heavy atom. The molecule has 0 aliphatic rings. The smallest absolute Gasteiger partial charge is 0.133 e. The SMILES string of the molecule is Cc1ccc(C(O)c2csnn2)s1. The third kappa shape index (κ3) is 1.77. The average molecular weight is 212 g/mol. The zero-order chi connectivity index (χ0) is 9.26. The number of thiophene rings is 1. The monoisotopic (exact) mass is 212 g/mol. The molecule has 68 valence electrons. The molecule has 2 rings (SSSR count). The van der Waals surface area contributed by atoms with Gasteiger partial charge in [-0.3, -0.25) is 0 Å². The molecule has 5 heteroatoms. The van der Waals surface area contributed by atoms with Gasteiger partial charge in [0.15, 0.2) is 0 Å². The summed E-state index contributed by atoms with van der Waals surface area (Å²) < 4.78 is 3.71. The molecule has 0 spiro atoms. The van der Waals surface area contributed by atoms with Gasteiger partial charge in [0.1, 0.15) is 11.8 Å². The van der Waals surface area contributed by atoms with Gasteiger partial charge < -0.3 is 5.11 Å². The highest BCUT2D eigenvalue weighted by atomic mass is 32.1. The van der Waals surface area contributed by atoms with Crippen LogP contribution in [0.4, 0.5) is 0 Å². The molecule has 2 heterocycles. The summed E-state index contributed by atoms with van der Waals surface area (Å²) >= 11 is 2.83. The first-order chi connectivity index (χ1) is 6.27. The first-order valence-electron chi connectivity index (χ1n) is 3.79. The van der Waals surface area contributed by atoms with Gasteiger partial charge in [-0.05, 0) is 30.6 Å². The summed E-state index contributed by atoms with van der Waals surface area (Å²) in [4.78, 5) is 2.11. The van der Waals surface area contributed by atoms with Gasteiger partial charge in [-0.15, -0.1) is 16.4 Å². The van der Waals surface area contributed by atoms with E-state index in [0.717, 1.165) is 4.88 Å². The summed E-state index contributed by atoms with van der Waals surface area (Å²) in [6.45, 7) is 2.01. The first-order valence-corrected chi connectivity index (χ1v) is 5.44. The van der Waals surface area contributed by atoms with Crippen LogP contribution < -0.4 is 0 Å². The van der Waals surface area contributed by atoms with Gasteiger partial charge in [-0.25, -0.2) is 0 Å². The van der Waals surface area contributed by atoms with E-state index < -0.39 is 6.10 Å². The highest BCUT2D eigenvalue weighted by Crippen LogP contribution is 2.27. The highest BCUT2D eigenvalue weighted by molar-refractivity contribution is 7.12. The zero-order valence-corrected chi connectivity index (χ0v) is 8.60. The molecule has 3 nitrogen and oxygen atoms in total. The molecule has 1 N–H and O–H groups in total. The maximum atomic E-state index is 9.81. The lowest BCUT2D eigenvalue weighted by atomic mass is 10.2. The second-order valence-electron chi connectivity index (χ2n) is 2.68. The fraction of sp³-hybridized carbons (Fsp3) is 0.250. The maximum Gasteiger partial charge on any atom is 0.133 e. The summed E-state index contributed by atoms with van der Waals surface area (Å²) in [6.07, 6.45) is -0.613. The number of aryl methyl sites for hydroxylation is 1. The quantitative estimate of drug-likeness (QED) is 0.828. The van der Waals surface area contributed by atoms with Gasteiger partial charge in [0.2, 0.25) is 0 Å². The summed E-state index contributed by atoms with van der Waals surface area (Å²) in [6, 6.07) is 3.91. The van der Waals surface area contributed by atoms with Gasteiger partial charge in [-0.2, -0.15) is 0 Å². The molecule has 1 atom stereocenters. The van der Waals surface area contributed by atoms with E-state index >= 15 is 0 Å². The molecule has 0 radical (unpaired) electrons. The fourth-order valence-corrected chi connectivity index (χ4v) is 2.39. The number of nitrogens with zero attached hydrogens (tertiary/aromatic N) is 2. The number of aliphatic hydroxyl groups excluding tert-OH is 1. The molecule has 2 aromatic rings. The Balaban J connectivity index is 2.28. The Morgan fingerprint density at radius 1 is 1.46 bits per heavy atom. The lowest BCUT2D eigenvalue weighted by molar-refractivity contribution is 0.219. The van der Waals surface area contributed by atoms with Crippen LogP contribution in [-0.2, 0) is 0 Å². The van der Waals surface area contributed by atoms with E-state index in [9.17, 15) is 5.11 Å². The lowest BCUT2D eigenvalue weighted by Gasteiger charge is -2.02. The Hall–Kier alpha value is -0.780. The van der Waals surface area contributed by atoms with E-state index in [-0.39, 0.29) is 0 Å². The summed E-state index contributed by atoms with van der Waals surface area (Å²) in [5.41, 5.74) is 0.631. The van der Waals surface area contributed by atoms with Crippen molar-refractivity contribution in [3.05, 3.63) is 33.0 Å². The summed E-state index contributed by atoms with van der Waals surface area (Å²) in [5.74, 6) is 0. The van der Waals surface area contributed by atoms with Crippen LogP contribution >= 0.6 is 22.9 Å². The highest BCUT2D eigenvalue weighted by Gasteiger charge is 2.14. The van der Waals surface area contributed by atoms with Crippen molar-refractivity contribution < 1.29 is 5.11 Å². The molecule has 0 saturated carbocycles. The van der Waals surface area contributed by atoms with Crippen molar-refractivity contribution in [2.24, 2.45) is 0 Å². The predicted molar refractivity (Wildman–Crippen MR) is 53.0 cm³/mol. The van der Waals surface area contributed by atoms with Crippen LogP contribution in [0.5, 0.6) is 0 Å². The van der Waals surface area contributed by atoms with Crippen LogP contribution in [0.3, 0.4) is 0 Å². The van der Waals surface area contributed by atoms with Crippen molar-refractivity contribution >= 4 is 22.9 Å². The van der Waals surface area contributed by atoms with Crippen molar-refractivity contribution in [1.82, 2.24) is 9.59 Å². The van der Waals surface area contributed by atoms with E-state index in [1.807, 2.05) is 19.1 Å². The molecule has 0 saturated heterocycles. The molecule has 1 unspecified atom stereocenters. The van der Waals surface area contributed by atoms with Crippen molar-refractivity contribution in [1.29, 1.82) is 0 Å². The minimum absolute atomic E-state index is 0.613. The van der Waals surface area contributed by atoms with Gasteiger partial charge >= 0.3 is 0 Å². The standard InChI is InChI=1S/C8H8N2OS2/c1-5-2-3-7(13-5)8(11)6-4-12-10-9-6/h2-4,8,11H,1H3.